The van der Waals surface area contributed by atoms with Crippen LogP contribution in [0.1, 0.15) is 28.3 Å². The lowest BCUT2D eigenvalue weighted by Crippen LogP contribution is -2.24. The number of hydrogen-bond donors (Lipinski definition) is 1. The zero-order valence-electron chi connectivity index (χ0n) is 11.4. The molecule has 3 rings (SSSR count). The molecule has 0 aliphatic heterocycles. The third kappa shape index (κ3) is 2.66. The van der Waals surface area contributed by atoms with Crippen molar-refractivity contribution < 1.29 is 4.42 Å². The molecule has 0 fully saturated rings. The van der Waals surface area contributed by atoms with Crippen molar-refractivity contribution >= 4 is 11.3 Å². The summed E-state index contributed by atoms with van der Waals surface area (Å²) in [6.45, 7) is 2.69. The minimum absolute atomic E-state index is 0.0748. The Labute approximate surface area is 121 Å². The van der Waals surface area contributed by atoms with E-state index in [1.54, 1.807) is 23.8 Å². The quantitative estimate of drug-likeness (QED) is 0.784. The molecule has 3 aromatic heterocycles. The summed E-state index contributed by atoms with van der Waals surface area (Å²) >= 11 is 1.66. The van der Waals surface area contributed by atoms with E-state index in [1.165, 1.54) is 0 Å². The Morgan fingerprint density at radius 1 is 1.50 bits per heavy atom. The summed E-state index contributed by atoms with van der Waals surface area (Å²) in [5.41, 5.74) is 1.05. The van der Waals surface area contributed by atoms with Crippen molar-refractivity contribution in [2.75, 3.05) is 0 Å². The molecular formula is C14H16N4OS. The molecular weight excluding hydrogens is 272 g/mol. The molecule has 1 atom stereocenters. The first-order valence-corrected chi connectivity index (χ1v) is 7.27. The number of nitrogens with one attached hydrogen (secondary N) is 1. The third-order valence-corrected chi connectivity index (χ3v) is 4.03. The first-order valence-electron chi connectivity index (χ1n) is 6.39. The summed E-state index contributed by atoms with van der Waals surface area (Å²) in [5.74, 6) is 1.78. The van der Waals surface area contributed by atoms with Gasteiger partial charge in [0.05, 0.1) is 6.26 Å². The minimum atomic E-state index is -0.0748. The molecule has 3 heterocycles. The van der Waals surface area contributed by atoms with E-state index in [0.29, 0.717) is 6.54 Å². The van der Waals surface area contributed by atoms with Crippen LogP contribution in [-0.2, 0) is 13.6 Å². The van der Waals surface area contributed by atoms with Crippen LogP contribution in [0.3, 0.4) is 0 Å². The lowest BCUT2D eigenvalue weighted by Gasteiger charge is -2.15. The van der Waals surface area contributed by atoms with Crippen LogP contribution in [0.25, 0.3) is 0 Å². The molecule has 0 radical (unpaired) electrons. The SMILES string of the molecule is Cc1csc(CNC(c2ccco2)c2nccn2C)n1. The number of thiazole rings is 1. The zero-order chi connectivity index (χ0) is 13.9. The van der Waals surface area contributed by atoms with Gasteiger partial charge in [-0.25, -0.2) is 9.97 Å². The smallest absolute Gasteiger partial charge is 0.133 e. The van der Waals surface area contributed by atoms with Crippen molar-refractivity contribution in [3.05, 3.63) is 58.5 Å². The van der Waals surface area contributed by atoms with Crippen LogP contribution in [0.15, 0.2) is 40.6 Å². The van der Waals surface area contributed by atoms with Crippen LogP contribution < -0.4 is 5.32 Å². The molecule has 0 amide bonds. The number of imidazole rings is 1. The van der Waals surface area contributed by atoms with Crippen LogP contribution >= 0.6 is 11.3 Å². The van der Waals surface area contributed by atoms with Gasteiger partial charge in [-0.2, -0.15) is 0 Å². The zero-order valence-corrected chi connectivity index (χ0v) is 12.2. The highest BCUT2D eigenvalue weighted by Gasteiger charge is 2.20. The number of rotatable bonds is 5. The van der Waals surface area contributed by atoms with Gasteiger partial charge in [0.15, 0.2) is 0 Å². The van der Waals surface area contributed by atoms with Crippen molar-refractivity contribution in [2.45, 2.75) is 19.5 Å². The van der Waals surface area contributed by atoms with E-state index in [2.05, 4.69) is 20.7 Å². The molecule has 0 bridgehead atoms. The number of furan rings is 1. The maximum absolute atomic E-state index is 5.54. The summed E-state index contributed by atoms with van der Waals surface area (Å²) < 4.78 is 7.53. The fraction of sp³-hybridized carbons (Fsp3) is 0.286. The van der Waals surface area contributed by atoms with Gasteiger partial charge in [0.2, 0.25) is 0 Å². The largest absolute Gasteiger partial charge is 0.467 e. The van der Waals surface area contributed by atoms with Crippen LogP contribution in [0.4, 0.5) is 0 Å². The van der Waals surface area contributed by atoms with Crippen LogP contribution in [0.5, 0.6) is 0 Å². The van der Waals surface area contributed by atoms with E-state index < -0.39 is 0 Å². The molecule has 5 nitrogen and oxygen atoms in total. The van der Waals surface area contributed by atoms with Gasteiger partial charge in [0.1, 0.15) is 22.6 Å². The molecule has 20 heavy (non-hydrogen) atoms. The predicted molar refractivity (Wildman–Crippen MR) is 77.4 cm³/mol. The third-order valence-electron chi connectivity index (χ3n) is 3.07. The molecule has 0 saturated carbocycles. The normalized spacial score (nSPS) is 12.7. The van der Waals surface area contributed by atoms with E-state index >= 15 is 0 Å². The number of aromatic nitrogens is 3. The topological polar surface area (TPSA) is 55.9 Å². The number of hydrogen-bond acceptors (Lipinski definition) is 5. The highest BCUT2D eigenvalue weighted by Crippen LogP contribution is 2.21. The summed E-state index contributed by atoms with van der Waals surface area (Å²) in [6, 6.07) is 3.77. The monoisotopic (exact) mass is 288 g/mol. The molecule has 0 aliphatic rings. The second-order valence-corrected chi connectivity index (χ2v) is 5.55. The van der Waals surface area contributed by atoms with Gasteiger partial charge in [0, 0.05) is 37.1 Å². The highest BCUT2D eigenvalue weighted by molar-refractivity contribution is 7.09. The van der Waals surface area contributed by atoms with Crippen molar-refractivity contribution in [3.8, 4) is 0 Å². The van der Waals surface area contributed by atoms with Crippen molar-refractivity contribution in [3.63, 3.8) is 0 Å². The van der Waals surface area contributed by atoms with E-state index in [9.17, 15) is 0 Å². The predicted octanol–water partition coefficient (Wildman–Crippen LogP) is 2.66. The van der Waals surface area contributed by atoms with E-state index in [4.69, 9.17) is 4.42 Å². The lowest BCUT2D eigenvalue weighted by molar-refractivity contribution is 0.429. The summed E-state index contributed by atoms with van der Waals surface area (Å²) in [6.07, 6.45) is 5.40. The second-order valence-electron chi connectivity index (χ2n) is 4.61. The average Bonchev–Trinajstić information content (AvgIpc) is 3.14. The van der Waals surface area contributed by atoms with Gasteiger partial charge in [0.25, 0.3) is 0 Å². The van der Waals surface area contributed by atoms with Gasteiger partial charge in [-0.05, 0) is 19.1 Å². The lowest BCUT2D eigenvalue weighted by atomic mass is 10.2. The van der Waals surface area contributed by atoms with E-state index in [-0.39, 0.29) is 6.04 Å². The summed E-state index contributed by atoms with van der Waals surface area (Å²) in [5, 5.41) is 6.58. The first kappa shape index (κ1) is 13.1. The minimum Gasteiger partial charge on any atom is -0.467 e. The van der Waals surface area contributed by atoms with Gasteiger partial charge < -0.3 is 8.98 Å². The Balaban J connectivity index is 1.81. The average molecular weight is 288 g/mol. The molecule has 104 valence electrons. The van der Waals surface area contributed by atoms with Gasteiger partial charge in [-0.15, -0.1) is 11.3 Å². The van der Waals surface area contributed by atoms with E-state index in [0.717, 1.165) is 22.3 Å². The Bertz CT molecular complexity index is 671. The van der Waals surface area contributed by atoms with Crippen LogP contribution in [-0.4, -0.2) is 14.5 Å². The molecule has 0 aromatic carbocycles. The van der Waals surface area contributed by atoms with Crippen LogP contribution in [0, 0.1) is 6.92 Å². The molecule has 0 spiro atoms. The number of aryl methyl sites for hydroxylation is 2. The highest BCUT2D eigenvalue weighted by atomic mass is 32.1. The molecule has 6 heteroatoms. The Kier molecular flexibility index (Phi) is 3.66. The molecule has 0 aliphatic carbocycles. The second kappa shape index (κ2) is 5.60. The summed E-state index contributed by atoms with van der Waals surface area (Å²) in [4.78, 5) is 8.88. The Morgan fingerprint density at radius 3 is 3.00 bits per heavy atom. The van der Waals surface area contributed by atoms with Gasteiger partial charge in [-0.1, -0.05) is 0 Å². The fourth-order valence-electron chi connectivity index (χ4n) is 2.10. The number of nitrogens with zero attached hydrogens (tertiary/aromatic N) is 3. The summed E-state index contributed by atoms with van der Waals surface area (Å²) in [7, 11) is 1.98. The van der Waals surface area contributed by atoms with Crippen LogP contribution in [0.2, 0.25) is 0 Å². The molecule has 0 saturated heterocycles. The first-order chi connectivity index (χ1) is 9.74. The molecule has 3 aromatic rings. The maximum atomic E-state index is 5.54. The molecule has 1 N–H and O–H groups in total. The van der Waals surface area contributed by atoms with Gasteiger partial charge in [-0.3, -0.25) is 5.32 Å². The Hall–Kier alpha value is -1.92. The van der Waals surface area contributed by atoms with Crippen molar-refractivity contribution in [1.82, 2.24) is 19.9 Å². The van der Waals surface area contributed by atoms with Gasteiger partial charge >= 0.3 is 0 Å². The standard InChI is InChI=1S/C14H16N4OS/c1-10-9-20-12(17-10)8-16-13(11-4-3-7-19-11)14-15-5-6-18(14)2/h3-7,9,13,16H,8H2,1-2H3. The van der Waals surface area contributed by atoms with Crippen molar-refractivity contribution in [2.24, 2.45) is 7.05 Å². The maximum Gasteiger partial charge on any atom is 0.133 e. The molecule has 1 unspecified atom stereocenters. The Morgan fingerprint density at radius 2 is 2.40 bits per heavy atom. The van der Waals surface area contributed by atoms with E-state index in [1.807, 2.05) is 36.9 Å². The van der Waals surface area contributed by atoms with Crippen molar-refractivity contribution in [1.29, 1.82) is 0 Å². The fourth-order valence-corrected chi connectivity index (χ4v) is 2.83.